The topological polar surface area (TPSA) is 117 Å². The van der Waals surface area contributed by atoms with Crippen molar-refractivity contribution in [2.45, 2.75) is 0 Å². The van der Waals surface area contributed by atoms with Gasteiger partial charge >= 0.3 is 0 Å². The number of anilines is 2. The van der Waals surface area contributed by atoms with Crippen LogP contribution < -0.4 is 16.2 Å². The maximum Gasteiger partial charge on any atom is 0.286 e. The average molecular weight is 478 g/mol. The molecule has 3 aromatic heterocycles. The highest BCUT2D eigenvalue weighted by molar-refractivity contribution is 6.05. The summed E-state index contributed by atoms with van der Waals surface area (Å²) in [5, 5.41) is 11.7. The summed E-state index contributed by atoms with van der Waals surface area (Å²) in [5.41, 5.74) is 9.51. The van der Waals surface area contributed by atoms with Gasteiger partial charge in [-0.05, 0) is 60.7 Å². The first kappa shape index (κ1) is 22.6. The van der Waals surface area contributed by atoms with Gasteiger partial charge in [0.05, 0.1) is 39.2 Å². The Kier molecular flexibility index (Phi) is 6.27. The van der Waals surface area contributed by atoms with Crippen LogP contribution in [0.5, 0.6) is 0 Å². The van der Waals surface area contributed by atoms with Gasteiger partial charge in [-0.2, -0.15) is 5.10 Å². The zero-order valence-corrected chi connectivity index (χ0v) is 19.4. The fraction of sp³-hybridized carbons (Fsp3) is 0.0370. The van der Waals surface area contributed by atoms with Crippen LogP contribution in [0, 0.1) is 0 Å². The number of hydrogen-bond donors (Lipinski definition) is 4. The van der Waals surface area contributed by atoms with Gasteiger partial charge in [0.2, 0.25) is 0 Å². The second-order valence-electron chi connectivity index (χ2n) is 8.01. The number of aromatic amines is 1. The molecule has 0 atom stereocenters. The lowest BCUT2D eigenvalue weighted by molar-refractivity contribution is 0.0842. The number of H-pyrrole nitrogens is 1. The third-order valence-electron chi connectivity index (χ3n) is 5.62. The van der Waals surface area contributed by atoms with Gasteiger partial charge in [0.1, 0.15) is 5.69 Å². The predicted octanol–water partition coefficient (Wildman–Crippen LogP) is 4.29. The van der Waals surface area contributed by atoms with Gasteiger partial charge in [0.25, 0.3) is 11.8 Å². The Labute approximate surface area is 206 Å². The number of amides is 2. The Morgan fingerprint density at radius 3 is 2.47 bits per heavy atom. The number of carbonyl (C=O) groups is 2. The molecule has 3 heterocycles. The van der Waals surface area contributed by atoms with Crippen LogP contribution >= 0.6 is 0 Å². The van der Waals surface area contributed by atoms with Crippen LogP contribution in [0.4, 0.5) is 11.4 Å². The van der Waals surface area contributed by atoms with Crippen molar-refractivity contribution in [3.8, 4) is 0 Å². The van der Waals surface area contributed by atoms with E-state index in [0.717, 1.165) is 28.0 Å². The van der Waals surface area contributed by atoms with Crippen LogP contribution in [0.1, 0.15) is 32.2 Å². The Hall–Kier alpha value is -5.18. The molecule has 0 fully saturated rings. The van der Waals surface area contributed by atoms with E-state index < -0.39 is 11.8 Å². The van der Waals surface area contributed by atoms with Crippen LogP contribution in [0.25, 0.3) is 23.1 Å². The lowest BCUT2D eigenvalue weighted by Gasteiger charge is -2.14. The predicted molar refractivity (Wildman–Crippen MR) is 139 cm³/mol. The van der Waals surface area contributed by atoms with Crippen LogP contribution in [0.2, 0.25) is 0 Å². The average Bonchev–Trinajstić information content (AvgIpc) is 3.53. The second kappa shape index (κ2) is 9.98. The van der Waals surface area contributed by atoms with Crippen molar-refractivity contribution < 1.29 is 9.59 Å². The van der Waals surface area contributed by atoms with E-state index in [2.05, 4.69) is 31.3 Å². The highest BCUT2D eigenvalue weighted by atomic mass is 16.2. The van der Waals surface area contributed by atoms with E-state index in [4.69, 9.17) is 0 Å². The van der Waals surface area contributed by atoms with E-state index >= 15 is 0 Å². The van der Waals surface area contributed by atoms with Crippen molar-refractivity contribution in [3.05, 3.63) is 108 Å². The summed E-state index contributed by atoms with van der Waals surface area (Å²) in [6.07, 6.45) is 7.28. The summed E-state index contributed by atoms with van der Waals surface area (Å²) in [6.45, 7) is 0. The van der Waals surface area contributed by atoms with Crippen molar-refractivity contribution >= 4 is 46.2 Å². The molecule has 0 aliphatic heterocycles. The summed E-state index contributed by atoms with van der Waals surface area (Å²) in [6, 6.07) is 22.0. The van der Waals surface area contributed by atoms with Gasteiger partial charge in [-0.3, -0.25) is 30.5 Å². The maximum absolute atomic E-state index is 12.9. The molecule has 178 valence electrons. The summed E-state index contributed by atoms with van der Waals surface area (Å²) in [7, 11) is 1.76. The number of hydrazine groups is 1. The number of carbonyl (C=O) groups excluding carboxylic acids is 2. The van der Waals surface area contributed by atoms with Gasteiger partial charge in [0.15, 0.2) is 0 Å². The molecule has 0 aliphatic rings. The molecule has 2 amide bonds. The van der Waals surface area contributed by atoms with E-state index in [1.54, 1.807) is 54.3 Å². The highest BCUT2D eigenvalue weighted by Gasteiger charge is 2.16. The number of nitrogens with zero attached hydrogens (tertiary/aromatic N) is 3. The molecule has 5 rings (SSSR count). The van der Waals surface area contributed by atoms with Crippen molar-refractivity contribution in [1.82, 2.24) is 30.6 Å². The SMILES string of the molecule is Cn1cccc1C(=O)NNC(=O)c1ccccc1Nc1cccc2[nH]nc(C=Cc3ccccn3)c12. The Balaban J connectivity index is 1.39. The van der Waals surface area contributed by atoms with E-state index in [-0.39, 0.29) is 0 Å². The zero-order chi connectivity index (χ0) is 24.9. The van der Waals surface area contributed by atoms with Crippen LogP contribution in [0.3, 0.4) is 0 Å². The van der Waals surface area contributed by atoms with E-state index in [1.807, 2.05) is 54.6 Å². The number of benzene rings is 2. The molecule has 0 unspecified atom stereocenters. The summed E-state index contributed by atoms with van der Waals surface area (Å²) < 4.78 is 1.67. The number of hydrogen-bond acceptors (Lipinski definition) is 5. The molecule has 0 radical (unpaired) electrons. The quantitative estimate of drug-likeness (QED) is 0.272. The Morgan fingerprint density at radius 1 is 0.861 bits per heavy atom. The van der Waals surface area contributed by atoms with Gasteiger partial charge in [-0.25, -0.2) is 0 Å². The molecule has 9 nitrogen and oxygen atoms in total. The third kappa shape index (κ3) is 4.71. The minimum absolute atomic E-state index is 0.371. The molecule has 0 saturated carbocycles. The lowest BCUT2D eigenvalue weighted by Crippen LogP contribution is -2.42. The van der Waals surface area contributed by atoms with Gasteiger partial charge < -0.3 is 9.88 Å². The number of para-hydroxylation sites is 1. The molecule has 5 aromatic rings. The molecular weight excluding hydrogens is 454 g/mol. The van der Waals surface area contributed by atoms with Gasteiger partial charge in [-0.15, -0.1) is 0 Å². The molecule has 9 heteroatoms. The lowest BCUT2D eigenvalue weighted by atomic mass is 10.1. The first-order chi connectivity index (χ1) is 17.6. The number of rotatable bonds is 6. The minimum Gasteiger partial charge on any atom is -0.354 e. The van der Waals surface area contributed by atoms with Crippen LogP contribution in [-0.4, -0.2) is 31.6 Å². The number of pyridine rings is 1. The van der Waals surface area contributed by atoms with Gasteiger partial charge in [0, 0.05) is 19.4 Å². The summed E-state index contributed by atoms with van der Waals surface area (Å²) in [5.74, 6) is -0.857. The normalized spacial score (nSPS) is 11.0. The smallest absolute Gasteiger partial charge is 0.286 e. The summed E-state index contributed by atoms with van der Waals surface area (Å²) in [4.78, 5) is 29.6. The monoisotopic (exact) mass is 477 g/mol. The molecule has 0 saturated heterocycles. The van der Waals surface area contributed by atoms with Crippen molar-refractivity contribution in [3.63, 3.8) is 0 Å². The number of fused-ring (bicyclic) bond motifs is 1. The summed E-state index contributed by atoms with van der Waals surface area (Å²) >= 11 is 0. The number of aromatic nitrogens is 4. The zero-order valence-electron chi connectivity index (χ0n) is 19.4. The first-order valence-electron chi connectivity index (χ1n) is 11.2. The van der Waals surface area contributed by atoms with E-state index in [0.29, 0.717) is 16.9 Å². The molecule has 0 spiro atoms. The van der Waals surface area contributed by atoms with Crippen molar-refractivity contribution in [2.75, 3.05) is 5.32 Å². The van der Waals surface area contributed by atoms with Crippen molar-refractivity contribution in [2.24, 2.45) is 7.05 Å². The standard InChI is InChI=1S/C27H23N7O2/c1-34-17-7-13-24(34)27(36)33-32-26(35)19-9-2-3-10-20(19)29-21-11-6-12-22-25(21)23(31-30-22)15-14-18-8-4-5-16-28-18/h2-17,29H,1H3,(H,30,31)(H,32,35)(H,33,36). The first-order valence-corrected chi connectivity index (χ1v) is 11.2. The van der Waals surface area contributed by atoms with Crippen LogP contribution in [-0.2, 0) is 7.05 Å². The molecule has 2 aromatic carbocycles. The second-order valence-corrected chi connectivity index (χ2v) is 8.01. The maximum atomic E-state index is 12.9. The largest absolute Gasteiger partial charge is 0.354 e. The van der Waals surface area contributed by atoms with Gasteiger partial charge in [-0.1, -0.05) is 24.3 Å². The number of aryl methyl sites for hydroxylation is 1. The van der Waals surface area contributed by atoms with Crippen molar-refractivity contribution in [1.29, 1.82) is 0 Å². The highest BCUT2D eigenvalue weighted by Crippen LogP contribution is 2.30. The van der Waals surface area contributed by atoms with E-state index in [1.165, 1.54) is 0 Å². The Morgan fingerprint density at radius 2 is 1.67 bits per heavy atom. The minimum atomic E-state index is -0.449. The molecule has 4 N–H and O–H groups in total. The third-order valence-corrected chi connectivity index (χ3v) is 5.62. The fourth-order valence-electron chi connectivity index (χ4n) is 3.84. The fourth-order valence-corrected chi connectivity index (χ4v) is 3.84. The molecular formula is C27H23N7O2. The molecule has 0 aliphatic carbocycles. The Bertz CT molecular complexity index is 1570. The van der Waals surface area contributed by atoms with Crippen LogP contribution in [0.15, 0.2) is 85.2 Å². The molecule has 0 bridgehead atoms. The van der Waals surface area contributed by atoms with E-state index in [9.17, 15) is 9.59 Å². The number of nitrogens with one attached hydrogen (secondary N) is 4. The molecule has 36 heavy (non-hydrogen) atoms.